The summed E-state index contributed by atoms with van der Waals surface area (Å²) < 4.78 is 42.5. The molecule has 2 aromatic rings. The van der Waals surface area contributed by atoms with Gasteiger partial charge in [-0.05, 0) is 43.7 Å². The van der Waals surface area contributed by atoms with Gasteiger partial charge in [0.2, 0.25) is 16.8 Å². The quantitative estimate of drug-likeness (QED) is 0.640. The summed E-state index contributed by atoms with van der Waals surface area (Å²) in [7, 11) is -1.42. The minimum absolute atomic E-state index is 0.0871. The number of nitrogens with zero attached hydrogens (tertiary/aromatic N) is 2. The fourth-order valence-corrected chi connectivity index (χ4v) is 4.06. The number of rotatable bonds is 6. The van der Waals surface area contributed by atoms with Gasteiger partial charge in [-0.3, -0.25) is 14.3 Å². The highest BCUT2D eigenvalue weighted by Gasteiger charge is 2.36. The summed E-state index contributed by atoms with van der Waals surface area (Å²) in [5.74, 6) is -0.446. The Morgan fingerprint density at radius 3 is 2.16 bits per heavy atom. The van der Waals surface area contributed by atoms with Crippen molar-refractivity contribution in [2.24, 2.45) is 0 Å². The number of thiol groups is 1. The zero-order valence-electron chi connectivity index (χ0n) is 18.1. The summed E-state index contributed by atoms with van der Waals surface area (Å²) in [5.41, 5.74) is 0.508. The second-order valence-corrected chi connectivity index (χ2v) is 8.74. The van der Waals surface area contributed by atoms with E-state index in [1.165, 1.54) is 37.4 Å². The van der Waals surface area contributed by atoms with Crippen LogP contribution in [0.3, 0.4) is 0 Å². The molecule has 172 valence electrons. The van der Waals surface area contributed by atoms with E-state index in [-0.39, 0.29) is 23.4 Å². The van der Waals surface area contributed by atoms with Crippen molar-refractivity contribution < 1.29 is 27.1 Å². The van der Waals surface area contributed by atoms with Crippen molar-refractivity contribution in [3.63, 3.8) is 0 Å². The Morgan fingerprint density at radius 2 is 1.59 bits per heavy atom. The van der Waals surface area contributed by atoms with Crippen LogP contribution < -0.4 is 9.46 Å². The molecule has 0 aromatic heterocycles. The number of methoxy groups -OCH3 is 1. The van der Waals surface area contributed by atoms with E-state index in [2.05, 4.69) is 4.72 Å². The summed E-state index contributed by atoms with van der Waals surface area (Å²) in [6.07, 6.45) is 0. The van der Waals surface area contributed by atoms with Crippen molar-refractivity contribution in [3.8, 4) is 5.75 Å². The number of halogens is 1. The van der Waals surface area contributed by atoms with Gasteiger partial charge in [0, 0.05) is 32.2 Å². The average Bonchev–Trinajstić information content (AvgIpc) is 2.78. The molecule has 0 atom stereocenters. The summed E-state index contributed by atoms with van der Waals surface area (Å²) in [5, 5.41) is 0. The number of benzene rings is 2. The molecule has 0 aliphatic carbocycles. The Kier molecular flexibility index (Phi) is 7.02. The van der Waals surface area contributed by atoms with E-state index in [1.807, 2.05) is 0 Å². The number of piperazine rings is 1. The molecule has 0 saturated carbocycles. The van der Waals surface area contributed by atoms with Gasteiger partial charge in [-0.25, -0.2) is 12.8 Å². The second-order valence-electron chi connectivity index (χ2n) is 8.00. The Balaban J connectivity index is 1.68. The van der Waals surface area contributed by atoms with Crippen LogP contribution in [0.25, 0.3) is 0 Å². The molecule has 2 aromatic carbocycles. The molecule has 0 unspecified atom stereocenters. The fraction of sp³-hybridized carbons (Fsp3) is 0.364. The van der Waals surface area contributed by atoms with Crippen LogP contribution in [0.4, 0.5) is 10.1 Å². The van der Waals surface area contributed by atoms with E-state index in [0.29, 0.717) is 37.4 Å². The summed E-state index contributed by atoms with van der Waals surface area (Å²) in [6, 6.07) is 10.4. The largest absolute Gasteiger partial charge is 0.496 e. The molecule has 3 rings (SSSR count). The van der Waals surface area contributed by atoms with E-state index in [9.17, 15) is 22.4 Å². The first-order chi connectivity index (χ1) is 15.1. The van der Waals surface area contributed by atoms with Crippen molar-refractivity contribution in [1.82, 2.24) is 9.80 Å². The van der Waals surface area contributed by atoms with Crippen LogP contribution in [-0.4, -0.2) is 63.3 Å². The lowest BCUT2D eigenvalue weighted by Gasteiger charge is -2.39. The van der Waals surface area contributed by atoms with Crippen molar-refractivity contribution in [3.05, 3.63) is 59.4 Å². The molecule has 1 heterocycles. The van der Waals surface area contributed by atoms with E-state index in [1.54, 1.807) is 35.8 Å². The van der Waals surface area contributed by atoms with E-state index < -0.39 is 16.3 Å². The SMILES string of the molecule is COc1cc(N[SH](=O)=O)ccc1C(=O)N1CCN(C(=O)C(C)(C)c2ccc(F)cc2)CC1. The Hall–Kier alpha value is -3.14. The third kappa shape index (κ3) is 5.01. The number of ether oxygens (including phenoxy) is 1. The van der Waals surface area contributed by atoms with E-state index in [0.717, 1.165) is 5.56 Å². The van der Waals surface area contributed by atoms with Crippen molar-refractivity contribution in [1.29, 1.82) is 0 Å². The Bertz CT molecular complexity index is 1070. The highest BCUT2D eigenvalue weighted by Crippen LogP contribution is 2.28. The molecule has 32 heavy (non-hydrogen) atoms. The zero-order valence-corrected chi connectivity index (χ0v) is 19.0. The van der Waals surface area contributed by atoms with Crippen LogP contribution in [-0.2, 0) is 21.1 Å². The van der Waals surface area contributed by atoms with Gasteiger partial charge >= 0.3 is 0 Å². The highest BCUT2D eigenvalue weighted by atomic mass is 32.2. The van der Waals surface area contributed by atoms with Gasteiger partial charge in [-0.1, -0.05) is 12.1 Å². The predicted octanol–water partition coefficient (Wildman–Crippen LogP) is 2.03. The van der Waals surface area contributed by atoms with Crippen LogP contribution in [0.1, 0.15) is 29.8 Å². The van der Waals surface area contributed by atoms with Crippen LogP contribution in [0.2, 0.25) is 0 Å². The monoisotopic (exact) mass is 463 g/mol. The maximum Gasteiger partial charge on any atom is 0.257 e. The van der Waals surface area contributed by atoms with Gasteiger partial charge in [0.25, 0.3) is 5.91 Å². The summed E-state index contributed by atoms with van der Waals surface area (Å²) in [4.78, 5) is 29.5. The first kappa shape index (κ1) is 23.5. The standard InChI is InChI=1S/C22H26FN3O5S/c1-22(2,15-4-6-16(23)7-5-15)21(28)26-12-10-25(11-13-26)20(27)18-9-8-17(24-32(29)30)14-19(18)31-3/h4-9,14,32H,10-13H2,1-3H3,(H,24,29,30). The van der Waals surface area contributed by atoms with Gasteiger partial charge < -0.3 is 14.5 Å². The van der Waals surface area contributed by atoms with Gasteiger partial charge in [0.1, 0.15) is 11.6 Å². The van der Waals surface area contributed by atoms with Crippen LogP contribution in [0.5, 0.6) is 5.75 Å². The van der Waals surface area contributed by atoms with Crippen molar-refractivity contribution in [2.75, 3.05) is 38.0 Å². The molecule has 0 spiro atoms. The molecule has 1 aliphatic heterocycles. The van der Waals surface area contributed by atoms with E-state index in [4.69, 9.17) is 4.74 Å². The Labute approximate surface area is 188 Å². The molecule has 1 saturated heterocycles. The molecule has 0 radical (unpaired) electrons. The predicted molar refractivity (Wildman–Crippen MR) is 119 cm³/mol. The number of hydrogen-bond acceptors (Lipinski definition) is 5. The minimum Gasteiger partial charge on any atom is -0.496 e. The molecule has 2 amide bonds. The lowest BCUT2D eigenvalue weighted by atomic mass is 9.83. The number of nitrogens with one attached hydrogen (secondary N) is 1. The normalized spacial score (nSPS) is 14.4. The lowest BCUT2D eigenvalue weighted by Crippen LogP contribution is -2.54. The van der Waals surface area contributed by atoms with Crippen molar-refractivity contribution in [2.45, 2.75) is 19.3 Å². The highest BCUT2D eigenvalue weighted by molar-refractivity contribution is 7.73. The summed E-state index contributed by atoms with van der Waals surface area (Å²) in [6.45, 7) is 5.04. The first-order valence-electron chi connectivity index (χ1n) is 10.1. The van der Waals surface area contributed by atoms with Gasteiger partial charge in [0.15, 0.2) is 0 Å². The van der Waals surface area contributed by atoms with Crippen molar-refractivity contribution >= 4 is 28.4 Å². The molecule has 1 aliphatic rings. The van der Waals surface area contributed by atoms with E-state index >= 15 is 0 Å². The van der Waals surface area contributed by atoms with Crippen LogP contribution >= 0.6 is 0 Å². The number of carbonyl (C=O) groups is 2. The second kappa shape index (κ2) is 9.56. The zero-order chi connectivity index (χ0) is 23.5. The molecule has 1 fully saturated rings. The molecule has 8 nitrogen and oxygen atoms in total. The number of amides is 2. The van der Waals surface area contributed by atoms with Crippen LogP contribution in [0.15, 0.2) is 42.5 Å². The Morgan fingerprint density at radius 1 is 1.00 bits per heavy atom. The number of anilines is 1. The molecular formula is C22H26FN3O5S. The molecular weight excluding hydrogens is 437 g/mol. The third-order valence-corrected chi connectivity index (χ3v) is 6.05. The maximum atomic E-state index is 13.2. The number of hydrogen-bond donors (Lipinski definition) is 2. The summed E-state index contributed by atoms with van der Waals surface area (Å²) >= 11 is 0. The smallest absolute Gasteiger partial charge is 0.257 e. The lowest BCUT2D eigenvalue weighted by molar-refractivity contribution is -0.137. The minimum atomic E-state index is -2.83. The average molecular weight is 464 g/mol. The first-order valence-corrected chi connectivity index (χ1v) is 11.2. The molecule has 1 N–H and O–H groups in total. The third-order valence-electron chi connectivity index (χ3n) is 5.61. The van der Waals surface area contributed by atoms with Crippen LogP contribution in [0, 0.1) is 5.82 Å². The van der Waals surface area contributed by atoms with Gasteiger partial charge in [-0.15, -0.1) is 0 Å². The molecule has 10 heteroatoms. The topological polar surface area (TPSA) is 96.0 Å². The van der Waals surface area contributed by atoms with Gasteiger partial charge in [-0.2, -0.15) is 0 Å². The maximum absolute atomic E-state index is 13.2. The molecule has 0 bridgehead atoms. The fourth-order valence-electron chi connectivity index (χ4n) is 3.71. The number of carbonyl (C=O) groups excluding carboxylic acids is 2. The van der Waals surface area contributed by atoms with Gasteiger partial charge in [0.05, 0.1) is 23.8 Å².